The van der Waals surface area contributed by atoms with E-state index in [-0.39, 0.29) is 12.5 Å². The van der Waals surface area contributed by atoms with Crippen molar-refractivity contribution in [3.05, 3.63) is 16.3 Å². The largest absolute Gasteiger partial charge is 0.398 e. The molecule has 13 heavy (non-hydrogen) atoms. The second-order valence-electron chi connectivity index (χ2n) is 2.80. The van der Waals surface area contributed by atoms with E-state index in [1.54, 1.807) is 18.4 Å². The average Bonchev–Trinajstić information content (AvgIpc) is 2.47. The topological polar surface area (TPSA) is 75.3 Å². The Bertz CT molecular complexity index is 296. The first-order valence-corrected chi connectivity index (χ1v) is 4.78. The number of nitrogens with one attached hydrogen (secondary N) is 1. The van der Waals surface area contributed by atoms with Gasteiger partial charge in [-0.2, -0.15) is 0 Å². The van der Waals surface area contributed by atoms with E-state index in [0.717, 1.165) is 0 Å². The number of hydrogen-bond acceptors (Lipinski definition) is 4. The Balaban J connectivity index is 2.49. The summed E-state index contributed by atoms with van der Waals surface area (Å²) < 4.78 is 0. The fourth-order valence-corrected chi connectivity index (χ4v) is 1.51. The molecule has 4 N–H and O–H groups in total. The van der Waals surface area contributed by atoms with Crippen LogP contribution in [-0.4, -0.2) is 23.7 Å². The summed E-state index contributed by atoms with van der Waals surface area (Å²) in [6.45, 7) is 1.87. The molecule has 5 heteroatoms. The van der Waals surface area contributed by atoms with Crippen LogP contribution in [0.3, 0.4) is 0 Å². The third-order valence-electron chi connectivity index (χ3n) is 1.40. The summed E-state index contributed by atoms with van der Waals surface area (Å²) >= 11 is 1.29. The normalized spacial score (nSPS) is 12.5. The summed E-state index contributed by atoms with van der Waals surface area (Å²) in [5.74, 6) is -0.192. The Morgan fingerprint density at radius 2 is 2.54 bits per heavy atom. The molecule has 0 saturated carbocycles. The highest BCUT2D eigenvalue weighted by atomic mass is 32.1. The molecule has 1 unspecified atom stereocenters. The zero-order chi connectivity index (χ0) is 9.84. The van der Waals surface area contributed by atoms with Crippen molar-refractivity contribution in [2.75, 3.05) is 12.3 Å². The molecule has 1 heterocycles. The fourth-order valence-electron chi connectivity index (χ4n) is 0.798. The molecule has 0 bridgehead atoms. The minimum Gasteiger partial charge on any atom is -0.398 e. The van der Waals surface area contributed by atoms with Gasteiger partial charge in [0.25, 0.3) is 5.91 Å². The number of nitrogens with two attached hydrogens (primary N) is 1. The molecule has 1 atom stereocenters. The molecule has 1 aromatic rings. The van der Waals surface area contributed by atoms with Crippen LogP contribution in [0.2, 0.25) is 0 Å². The molecule has 0 saturated heterocycles. The highest BCUT2D eigenvalue weighted by Gasteiger charge is 2.07. The van der Waals surface area contributed by atoms with Crippen LogP contribution in [0.15, 0.2) is 11.4 Å². The van der Waals surface area contributed by atoms with Gasteiger partial charge in [-0.15, -0.1) is 11.3 Å². The van der Waals surface area contributed by atoms with Gasteiger partial charge in [-0.1, -0.05) is 0 Å². The maximum absolute atomic E-state index is 11.3. The van der Waals surface area contributed by atoms with E-state index in [1.807, 2.05) is 0 Å². The van der Waals surface area contributed by atoms with Gasteiger partial charge >= 0.3 is 0 Å². The summed E-state index contributed by atoms with van der Waals surface area (Å²) in [7, 11) is 0. The molecule has 0 aliphatic heterocycles. The van der Waals surface area contributed by atoms with Gasteiger partial charge < -0.3 is 16.2 Å². The smallest absolute Gasteiger partial charge is 0.261 e. The third-order valence-corrected chi connectivity index (χ3v) is 2.35. The lowest BCUT2D eigenvalue weighted by Gasteiger charge is -2.04. The molecule has 0 aliphatic carbocycles. The average molecular weight is 200 g/mol. The van der Waals surface area contributed by atoms with Crippen molar-refractivity contribution in [1.82, 2.24) is 5.32 Å². The molecule has 0 spiro atoms. The Labute approximate surface area is 80.4 Å². The van der Waals surface area contributed by atoms with Crippen molar-refractivity contribution < 1.29 is 9.90 Å². The molecule has 4 nitrogen and oxygen atoms in total. The standard InChI is InChI=1S/C8H12N2O2S/c1-5(11)3-10-8(12)7-2-6(9)4-13-7/h2,4-5,11H,3,9H2,1H3,(H,10,12). The number of thiophene rings is 1. The molecule has 0 radical (unpaired) electrons. The van der Waals surface area contributed by atoms with Gasteiger partial charge in [0.1, 0.15) is 0 Å². The second kappa shape index (κ2) is 4.25. The van der Waals surface area contributed by atoms with Gasteiger partial charge in [-0.25, -0.2) is 0 Å². The maximum atomic E-state index is 11.3. The lowest BCUT2D eigenvalue weighted by Crippen LogP contribution is -2.29. The molecular formula is C8H12N2O2S. The van der Waals surface area contributed by atoms with Gasteiger partial charge in [0.15, 0.2) is 0 Å². The number of aliphatic hydroxyl groups is 1. The molecule has 1 amide bonds. The van der Waals surface area contributed by atoms with Crippen molar-refractivity contribution in [2.24, 2.45) is 0 Å². The minimum atomic E-state index is -0.527. The van der Waals surface area contributed by atoms with E-state index >= 15 is 0 Å². The van der Waals surface area contributed by atoms with Crippen molar-refractivity contribution in [2.45, 2.75) is 13.0 Å². The number of carbonyl (C=O) groups excluding carboxylic acids is 1. The Hall–Kier alpha value is -1.07. The van der Waals surface area contributed by atoms with Gasteiger partial charge in [-0.05, 0) is 13.0 Å². The number of anilines is 1. The van der Waals surface area contributed by atoms with Crippen molar-refractivity contribution in [3.8, 4) is 0 Å². The van der Waals surface area contributed by atoms with E-state index in [4.69, 9.17) is 10.8 Å². The summed E-state index contributed by atoms with van der Waals surface area (Å²) in [5.41, 5.74) is 6.04. The van der Waals surface area contributed by atoms with Crippen molar-refractivity contribution in [1.29, 1.82) is 0 Å². The van der Waals surface area contributed by atoms with E-state index in [0.29, 0.717) is 10.6 Å². The SMILES string of the molecule is CC(O)CNC(=O)c1cc(N)cs1. The molecule has 72 valence electrons. The monoisotopic (exact) mass is 200 g/mol. The van der Waals surface area contributed by atoms with E-state index in [9.17, 15) is 4.79 Å². The van der Waals surface area contributed by atoms with Crippen LogP contribution in [0.1, 0.15) is 16.6 Å². The quantitative estimate of drug-likeness (QED) is 0.662. The maximum Gasteiger partial charge on any atom is 0.261 e. The second-order valence-corrected chi connectivity index (χ2v) is 3.71. The van der Waals surface area contributed by atoms with Gasteiger partial charge in [0.2, 0.25) is 0 Å². The third kappa shape index (κ3) is 3.04. The number of carbonyl (C=O) groups is 1. The number of nitrogen functional groups attached to an aromatic ring is 1. The molecular weight excluding hydrogens is 188 g/mol. The predicted molar refractivity (Wildman–Crippen MR) is 52.7 cm³/mol. The molecule has 0 aliphatic rings. The summed E-state index contributed by atoms with van der Waals surface area (Å²) in [6.07, 6.45) is -0.527. The van der Waals surface area contributed by atoms with Crippen LogP contribution in [0, 0.1) is 0 Å². The zero-order valence-corrected chi connectivity index (χ0v) is 8.10. The lowest BCUT2D eigenvalue weighted by molar-refractivity contribution is 0.0928. The molecule has 0 fully saturated rings. The highest BCUT2D eigenvalue weighted by Crippen LogP contribution is 2.15. The Morgan fingerprint density at radius 3 is 3.00 bits per heavy atom. The highest BCUT2D eigenvalue weighted by molar-refractivity contribution is 7.12. The zero-order valence-electron chi connectivity index (χ0n) is 7.28. The molecule has 1 aromatic heterocycles. The first-order valence-electron chi connectivity index (χ1n) is 3.90. The first-order chi connectivity index (χ1) is 6.09. The van der Waals surface area contributed by atoms with Gasteiger partial charge in [0, 0.05) is 17.6 Å². The van der Waals surface area contributed by atoms with E-state index < -0.39 is 6.10 Å². The van der Waals surface area contributed by atoms with Gasteiger partial charge in [-0.3, -0.25) is 4.79 Å². The van der Waals surface area contributed by atoms with Crippen LogP contribution in [-0.2, 0) is 0 Å². The summed E-state index contributed by atoms with van der Waals surface area (Å²) in [6, 6.07) is 1.61. The number of amides is 1. The Kier molecular flexibility index (Phi) is 3.27. The van der Waals surface area contributed by atoms with Gasteiger partial charge in [0.05, 0.1) is 11.0 Å². The van der Waals surface area contributed by atoms with Crippen molar-refractivity contribution in [3.63, 3.8) is 0 Å². The van der Waals surface area contributed by atoms with E-state index in [2.05, 4.69) is 5.32 Å². The molecule has 0 aromatic carbocycles. The molecule has 1 rings (SSSR count). The fraction of sp³-hybridized carbons (Fsp3) is 0.375. The number of hydrogen-bond donors (Lipinski definition) is 3. The lowest BCUT2D eigenvalue weighted by atomic mass is 10.3. The Morgan fingerprint density at radius 1 is 1.85 bits per heavy atom. The number of rotatable bonds is 3. The van der Waals surface area contributed by atoms with Crippen LogP contribution in [0.4, 0.5) is 5.69 Å². The summed E-state index contributed by atoms with van der Waals surface area (Å²) in [4.78, 5) is 11.9. The van der Waals surface area contributed by atoms with E-state index in [1.165, 1.54) is 11.3 Å². The van der Waals surface area contributed by atoms with Crippen molar-refractivity contribution >= 4 is 22.9 Å². The van der Waals surface area contributed by atoms with Crippen LogP contribution >= 0.6 is 11.3 Å². The van der Waals surface area contributed by atoms with Crippen LogP contribution in [0.25, 0.3) is 0 Å². The predicted octanol–water partition coefficient (Wildman–Crippen LogP) is 0.441. The van der Waals surface area contributed by atoms with Crippen LogP contribution < -0.4 is 11.1 Å². The number of aliphatic hydroxyl groups excluding tert-OH is 1. The first kappa shape index (κ1) is 10.0. The minimum absolute atomic E-state index is 0.192. The summed E-state index contributed by atoms with van der Waals surface area (Å²) in [5, 5.41) is 13.2. The van der Waals surface area contributed by atoms with Crippen LogP contribution in [0.5, 0.6) is 0 Å².